The number of benzene rings is 3. The van der Waals surface area contributed by atoms with E-state index in [1.54, 1.807) is 13.1 Å². The van der Waals surface area contributed by atoms with Crippen LogP contribution in [0.4, 0.5) is 5.69 Å². The van der Waals surface area contributed by atoms with Crippen molar-refractivity contribution in [3.63, 3.8) is 0 Å². The average molecular weight is 419 g/mol. The van der Waals surface area contributed by atoms with Gasteiger partial charge in [0, 0.05) is 29.9 Å². The van der Waals surface area contributed by atoms with Crippen LogP contribution in [0.3, 0.4) is 0 Å². The highest BCUT2D eigenvalue weighted by atomic mass is 35.5. The van der Waals surface area contributed by atoms with Gasteiger partial charge in [-0.15, -0.1) is 0 Å². The van der Waals surface area contributed by atoms with Crippen LogP contribution >= 0.6 is 11.6 Å². The lowest BCUT2D eigenvalue weighted by Crippen LogP contribution is -2.18. The number of halogens is 1. The summed E-state index contributed by atoms with van der Waals surface area (Å²) < 4.78 is 2.21. The Bertz CT molecular complexity index is 1190. The van der Waals surface area contributed by atoms with E-state index in [0.29, 0.717) is 17.1 Å². The summed E-state index contributed by atoms with van der Waals surface area (Å²) in [4.78, 5) is 16.8. The molecule has 0 aliphatic heterocycles. The van der Waals surface area contributed by atoms with Gasteiger partial charge in [-0.3, -0.25) is 4.79 Å². The zero-order valence-electron chi connectivity index (χ0n) is 16.9. The Morgan fingerprint density at radius 3 is 2.63 bits per heavy atom. The molecule has 0 spiro atoms. The van der Waals surface area contributed by atoms with Gasteiger partial charge in [-0.1, -0.05) is 48.0 Å². The maximum Gasteiger partial charge on any atom is 0.251 e. The highest BCUT2D eigenvalue weighted by molar-refractivity contribution is 6.31. The predicted molar refractivity (Wildman–Crippen MR) is 122 cm³/mol. The highest BCUT2D eigenvalue weighted by Crippen LogP contribution is 2.27. The fraction of sp³-hybridized carbons (Fsp3) is 0.167. The minimum absolute atomic E-state index is 0.0835. The lowest BCUT2D eigenvalue weighted by atomic mass is 10.1. The van der Waals surface area contributed by atoms with Crippen LogP contribution in [0.15, 0.2) is 72.8 Å². The van der Waals surface area contributed by atoms with Crippen molar-refractivity contribution in [2.24, 2.45) is 0 Å². The number of anilines is 1. The molecule has 6 heteroatoms. The van der Waals surface area contributed by atoms with Gasteiger partial charge < -0.3 is 15.2 Å². The molecule has 0 aliphatic rings. The molecule has 0 radical (unpaired) electrons. The Morgan fingerprint density at radius 2 is 1.87 bits per heavy atom. The maximum absolute atomic E-state index is 12.0. The third-order valence-corrected chi connectivity index (χ3v) is 5.28. The number of nitrogens with zero attached hydrogens (tertiary/aromatic N) is 2. The third kappa shape index (κ3) is 4.16. The van der Waals surface area contributed by atoms with Crippen molar-refractivity contribution in [3.8, 4) is 0 Å². The molecule has 0 saturated carbocycles. The molecule has 152 valence electrons. The molecule has 1 aromatic heterocycles. The number of imidazole rings is 1. The number of amides is 1. The summed E-state index contributed by atoms with van der Waals surface area (Å²) >= 11 is 6.21. The Balaban J connectivity index is 1.70. The fourth-order valence-electron chi connectivity index (χ4n) is 3.59. The number of rotatable bonds is 6. The summed E-state index contributed by atoms with van der Waals surface area (Å²) in [7, 11) is 1.63. The van der Waals surface area contributed by atoms with Crippen molar-refractivity contribution in [1.82, 2.24) is 14.9 Å². The van der Waals surface area contributed by atoms with Gasteiger partial charge in [0.25, 0.3) is 5.91 Å². The molecule has 3 aromatic carbocycles. The van der Waals surface area contributed by atoms with Crippen LogP contribution in [0.25, 0.3) is 11.0 Å². The number of nitrogens with one attached hydrogen (secondary N) is 2. The molecule has 0 fully saturated rings. The Morgan fingerprint density at radius 1 is 1.07 bits per heavy atom. The van der Waals surface area contributed by atoms with Crippen molar-refractivity contribution in [3.05, 3.63) is 94.8 Å². The zero-order chi connectivity index (χ0) is 21.1. The molecule has 1 unspecified atom stereocenters. The minimum Gasteiger partial charge on any atom is -0.375 e. The van der Waals surface area contributed by atoms with Crippen LogP contribution in [0.2, 0.25) is 5.02 Å². The SMILES string of the molecule is CNC(=O)c1cccc(NC(C)c2nc3cc(Cl)ccc3n2Cc2ccccc2)c1. The molecule has 4 aromatic rings. The molecule has 0 aliphatic carbocycles. The van der Waals surface area contributed by atoms with Crippen LogP contribution < -0.4 is 10.6 Å². The lowest BCUT2D eigenvalue weighted by molar-refractivity contribution is 0.0963. The molecule has 0 bridgehead atoms. The van der Waals surface area contributed by atoms with Gasteiger partial charge in [0.15, 0.2) is 0 Å². The molecule has 0 saturated heterocycles. The minimum atomic E-state index is -0.114. The van der Waals surface area contributed by atoms with Gasteiger partial charge in [0.2, 0.25) is 0 Å². The van der Waals surface area contributed by atoms with Crippen molar-refractivity contribution < 1.29 is 4.79 Å². The molecule has 5 nitrogen and oxygen atoms in total. The number of carbonyl (C=O) groups is 1. The van der Waals surface area contributed by atoms with Crippen LogP contribution in [0, 0.1) is 0 Å². The second kappa shape index (κ2) is 8.59. The summed E-state index contributed by atoms with van der Waals surface area (Å²) in [5.41, 5.74) is 4.56. The monoisotopic (exact) mass is 418 g/mol. The van der Waals surface area contributed by atoms with Crippen molar-refractivity contribution in [2.75, 3.05) is 12.4 Å². The van der Waals surface area contributed by atoms with Gasteiger partial charge in [-0.2, -0.15) is 0 Å². The van der Waals surface area contributed by atoms with E-state index in [4.69, 9.17) is 16.6 Å². The van der Waals surface area contributed by atoms with Crippen LogP contribution in [0.1, 0.15) is 34.7 Å². The van der Waals surface area contributed by atoms with E-state index in [9.17, 15) is 4.79 Å². The standard InChI is InChI=1S/C24H23ClN4O/c1-16(27-20-10-6-9-18(13-20)24(30)26-2)23-28-21-14-19(25)11-12-22(21)29(23)15-17-7-4-3-5-8-17/h3-14,16,27H,15H2,1-2H3,(H,26,30). The first-order valence-electron chi connectivity index (χ1n) is 9.83. The molecule has 4 rings (SSSR count). The second-order valence-electron chi connectivity index (χ2n) is 7.20. The number of carbonyl (C=O) groups excluding carboxylic acids is 1. The molecular weight excluding hydrogens is 396 g/mol. The first-order valence-corrected chi connectivity index (χ1v) is 10.2. The smallest absolute Gasteiger partial charge is 0.251 e. The van der Waals surface area contributed by atoms with Crippen LogP contribution in [-0.2, 0) is 6.54 Å². The second-order valence-corrected chi connectivity index (χ2v) is 7.64. The maximum atomic E-state index is 12.0. The van der Waals surface area contributed by atoms with Crippen molar-refractivity contribution in [2.45, 2.75) is 19.5 Å². The first kappa shape index (κ1) is 20.0. The predicted octanol–water partition coefficient (Wildman–Crippen LogP) is 5.27. The topological polar surface area (TPSA) is 59.0 Å². The molecule has 1 atom stereocenters. The van der Waals surface area contributed by atoms with Gasteiger partial charge in [0.05, 0.1) is 17.1 Å². The summed E-state index contributed by atoms with van der Waals surface area (Å²) in [6, 6.07) is 23.5. The molecule has 30 heavy (non-hydrogen) atoms. The van der Waals surface area contributed by atoms with Gasteiger partial charge >= 0.3 is 0 Å². The largest absolute Gasteiger partial charge is 0.375 e. The third-order valence-electron chi connectivity index (χ3n) is 5.05. The normalized spacial score (nSPS) is 12.0. The summed E-state index contributed by atoms with van der Waals surface area (Å²) in [5.74, 6) is 0.790. The Labute approximate surface area is 180 Å². The van der Waals surface area contributed by atoms with Crippen LogP contribution in [-0.4, -0.2) is 22.5 Å². The number of hydrogen-bond acceptors (Lipinski definition) is 3. The lowest BCUT2D eigenvalue weighted by Gasteiger charge is -2.18. The summed E-state index contributed by atoms with van der Waals surface area (Å²) in [6.45, 7) is 2.77. The quantitative estimate of drug-likeness (QED) is 0.448. The van der Waals surface area contributed by atoms with Gasteiger partial charge in [-0.05, 0) is 48.9 Å². The first-order chi connectivity index (χ1) is 14.5. The highest BCUT2D eigenvalue weighted by Gasteiger charge is 2.18. The van der Waals surface area contributed by atoms with E-state index in [-0.39, 0.29) is 11.9 Å². The Kier molecular flexibility index (Phi) is 5.72. The van der Waals surface area contributed by atoms with Crippen molar-refractivity contribution in [1.29, 1.82) is 0 Å². The number of aromatic nitrogens is 2. The van der Waals surface area contributed by atoms with Crippen molar-refractivity contribution >= 4 is 34.2 Å². The van der Waals surface area contributed by atoms with E-state index in [1.165, 1.54) is 5.56 Å². The van der Waals surface area contributed by atoms with Gasteiger partial charge in [-0.25, -0.2) is 4.98 Å². The summed E-state index contributed by atoms with van der Waals surface area (Å²) in [5, 5.41) is 6.80. The molecular formula is C24H23ClN4O. The fourth-order valence-corrected chi connectivity index (χ4v) is 3.76. The van der Waals surface area contributed by atoms with Crippen LogP contribution in [0.5, 0.6) is 0 Å². The van der Waals surface area contributed by atoms with Gasteiger partial charge in [0.1, 0.15) is 5.82 Å². The van der Waals surface area contributed by atoms with E-state index >= 15 is 0 Å². The number of fused-ring (bicyclic) bond motifs is 1. The Hall–Kier alpha value is -3.31. The average Bonchev–Trinajstić information content (AvgIpc) is 3.11. The van der Waals surface area contributed by atoms with E-state index in [1.807, 2.05) is 54.6 Å². The molecule has 1 amide bonds. The molecule has 2 N–H and O–H groups in total. The summed E-state index contributed by atoms with van der Waals surface area (Å²) in [6.07, 6.45) is 0. The van der Waals surface area contributed by atoms with E-state index in [0.717, 1.165) is 22.5 Å². The van der Waals surface area contributed by atoms with E-state index < -0.39 is 0 Å². The number of hydrogen-bond donors (Lipinski definition) is 2. The van der Waals surface area contributed by atoms with E-state index in [2.05, 4.69) is 34.3 Å². The molecule has 1 heterocycles. The zero-order valence-corrected chi connectivity index (χ0v) is 17.6.